The summed E-state index contributed by atoms with van der Waals surface area (Å²) in [5.74, 6) is 0.508. The molecule has 32 heavy (non-hydrogen) atoms. The molecule has 4 rings (SSSR count). The van der Waals surface area contributed by atoms with Crippen molar-refractivity contribution in [3.8, 4) is 5.75 Å². The van der Waals surface area contributed by atoms with Gasteiger partial charge in [0.05, 0.1) is 23.4 Å². The fourth-order valence-electron chi connectivity index (χ4n) is 3.99. The number of anilines is 1. The summed E-state index contributed by atoms with van der Waals surface area (Å²) in [6, 6.07) is 21.5. The highest BCUT2D eigenvalue weighted by Gasteiger charge is 2.35. The number of methoxy groups -OCH3 is 1. The van der Waals surface area contributed by atoms with E-state index in [1.54, 1.807) is 56.5 Å². The number of ether oxygens (including phenoxy) is 1. The van der Waals surface area contributed by atoms with Gasteiger partial charge in [0, 0.05) is 12.3 Å². The molecule has 0 saturated heterocycles. The molecule has 0 aromatic heterocycles. The zero-order chi connectivity index (χ0) is 22.9. The summed E-state index contributed by atoms with van der Waals surface area (Å²) in [5.41, 5.74) is 3.61. The number of allylic oxidation sites excluding steroid dienone is 1. The summed E-state index contributed by atoms with van der Waals surface area (Å²) in [6.45, 7) is 3.47. The van der Waals surface area contributed by atoms with Crippen molar-refractivity contribution in [2.75, 3.05) is 11.4 Å². The smallest absolute Gasteiger partial charge is 0.268 e. The molecule has 5 nitrogen and oxygen atoms in total. The Labute approximate surface area is 189 Å². The highest BCUT2D eigenvalue weighted by atomic mass is 32.2. The summed E-state index contributed by atoms with van der Waals surface area (Å²) in [7, 11) is -2.32. The van der Waals surface area contributed by atoms with Crippen LogP contribution >= 0.6 is 0 Å². The van der Waals surface area contributed by atoms with E-state index >= 15 is 0 Å². The van der Waals surface area contributed by atoms with Crippen LogP contribution in [0.1, 0.15) is 36.0 Å². The van der Waals surface area contributed by atoms with Gasteiger partial charge in [0.1, 0.15) is 11.5 Å². The number of Topliss-reactive ketones (excluding diaryl/α,β-unsaturated/α-hetero) is 1. The fourth-order valence-corrected chi connectivity index (χ4v) is 5.53. The van der Waals surface area contributed by atoms with Gasteiger partial charge in [0.15, 0.2) is 0 Å². The maximum atomic E-state index is 13.9. The van der Waals surface area contributed by atoms with E-state index in [1.807, 2.05) is 43.3 Å². The van der Waals surface area contributed by atoms with Gasteiger partial charge in [-0.25, -0.2) is 12.7 Å². The minimum atomic E-state index is -3.91. The number of para-hydroxylation sites is 1. The maximum Gasteiger partial charge on any atom is 0.268 e. The molecule has 3 aromatic carbocycles. The van der Waals surface area contributed by atoms with Crippen LogP contribution in [0.5, 0.6) is 5.75 Å². The topological polar surface area (TPSA) is 63.7 Å². The van der Waals surface area contributed by atoms with Crippen LogP contribution in [0.25, 0.3) is 5.70 Å². The highest BCUT2D eigenvalue weighted by Crippen LogP contribution is 2.44. The molecule has 0 radical (unpaired) electrons. The molecule has 164 valence electrons. The van der Waals surface area contributed by atoms with Crippen LogP contribution < -0.4 is 9.04 Å². The number of sulfonamides is 1. The van der Waals surface area contributed by atoms with Crippen LogP contribution in [0.3, 0.4) is 0 Å². The molecule has 1 aliphatic rings. The molecule has 1 atom stereocenters. The third kappa shape index (κ3) is 4.06. The number of benzene rings is 3. The third-order valence-electron chi connectivity index (χ3n) is 5.59. The number of fused-ring (bicyclic) bond motifs is 1. The molecule has 0 fully saturated rings. The van der Waals surface area contributed by atoms with Gasteiger partial charge in [-0.05, 0) is 67.4 Å². The Morgan fingerprint density at radius 1 is 0.969 bits per heavy atom. The van der Waals surface area contributed by atoms with Crippen molar-refractivity contribution >= 4 is 27.2 Å². The zero-order valence-electron chi connectivity index (χ0n) is 18.3. The Morgan fingerprint density at radius 3 is 2.25 bits per heavy atom. The first-order chi connectivity index (χ1) is 15.3. The zero-order valence-corrected chi connectivity index (χ0v) is 19.1. The number of rotatable bonds is 6. The van der Waals surface area contributed by atoms with Crippen molar-refractivity contribution in [2.24, 2.45) is 0 Å². The quantitative estimate of drug-likeness (QED) is 0.513. The van der Waals surface area contributed by atoms with Crippen molar-refractivity contribution in [1.29, 1.82) is 0 Å². The lowest BCUT2D eigenvalue weighted by Crippen LogP contribution is -2.33. The molecule has 1 heterocycles. The number of ketones is 1. The summed E-state index contributed by atoms with van der Waals surface area (Å²) in [4.78, 5) is 12.2. The number of carbonyl (C=O) groups excluding carboxylic acids is 1. The number of carbonyl (C=O) groups is 1. The first kappa shape index (κ1) is 21.8. The molecule has 1 aliphatic heterocycles. The first-order valence-electron chi connectivity index (χ1n) is 10.4. The van der Waals surface area contributed by atoms with Gasteiger partial charge in [-0.2, -0.15) is 0 Å². The average molecular weight is 448 g/mol. The number of hydrogen-bond donors (Lipinski definition) is 0. The van der Waals surface area contributed by atoms with Crippen molar-refractivity contribution in [3.05, 3.63) is 95.6 Å². The fraction of sp³-hybridized carbons (Fsp3) is 0.192. The molecule has 0 saturated carbocycles. The number of hydrogen-bond acceptors (Lipinski definition) is 4. The van der Waals surface area contributed by atoms with E-state index in [0.717, 1.165) is 16.7 Å². The Hall–Kier alpha value is -3.38. The minimum Gasteiger partial charge on any atom is -0.497 e. The maximum absolute atomic E-state index is 13.9. The molecule has 0 N–H and O–H groups in total. The lowest BCUT2D eigenvalue weighted by atomic mass is 9.88. The second-order valence-electron chi connectivity index (χ2n) is 7.93. The van der Waals surface area contributed by atoms with Gasteiger partial charge in [-0.1, -0.05) is 42.0 Å². The van der Waals surface area contributed by atoms with Gasteiger partial charge in [-0.15, -0.1) is 0 Å². The lowest BCUT2D eigenvalue weighted by Gasteiger charge is -2.35. The van der Waals surface area contributed by atoms with E-state index in [2.05, 4.69) is 0 Å². The van der Waals surface area contributed by atoms with Crippen molar-refractivity contribution in [3.63, 3.8) is 0 Å². The standard InChI is InChI=1S/C26H25NO4S/c1-18-8-14-23(15-9-18)32(29,30)27-25-7-5-4-6-24(25)21(16-19(2)28)17-26(27)20-10-12-22(31-3)13-11-20/h4-15,17,21H,16H2,1-3H3/t21-/m1/s1. The summed E-state index contributed by atoms with van der Waals surface area (Å²) < 4.78 is 34.4. The van der Waals surface area contributed by atoms with E-state index in [9.17, 15) is 13.2 Å². The van der Waals surface area contributed by atoms with Gasteiger partial charge in [0.25, 0.3) is 10.0 Å². The number of nitrogens with zero attached hydrogens (tertiary/aromatic N) is 1. The molecule has 6 heteroatoms. The van der Waals surface area contributed by atoms with Gasteiger partial charge < -0.3 is 4.74 Å². The molecule has 0 spiro atoms. The van der Waals surface area contributed by atoms with Crippen LogP contribution in [-0.2, 0) is 14.8 Å². The van der Waals surface area contributed by atoms with E-state index in [-0.39, 0.29) is 16.6 Å². The van der Waals surface area contributed by atoms with E-state index in [0.29, 0.717) is 23.6 Å². The molecule has 0 amide bonds. The van der Waals surface area contributed by atoms with Crippen molar-refractivity contribution < 1.29 is 17.9 Å². The van der Waals surface area contributed by atoms with Crippen LogP contribution in [0.15, 0.2) is 83.8 Å². The second-order valence-corrected chi connectivity index (χ2v) is 9.72. The van der Waals surface area contributed by atoms with Crippen LogP contribution in [-0.4, -0.2) is 21.3 Å². The summed E-state index contributed by atoms with van der Waals surface area (Å²) >= 11 is 0. The largest absolute Gasteiger partial charge is 0.497 e. The molecular weight excluding hydrogens is 422 g/mol. The summed E-state index contributed by atoms with van der Waals surface area (Å²) in [6.07, 6.45) is 2.19. The minimum absolute atomic E-state index is 0.0463. The van der Waals surface area contributed by atoms with E-state index < -0.39 is 10.0 Å². The van der Waals surface area contributed by atoms with Gasteiger partial charge in [-0.3, -0.25) is 4.79 Å². The average Bonchev–Trinajstić information content (AvgIpc) is 2.78. The molecule has 0 bridgehead atoms. The Balaban J connectivity index is 1.94. The molecule has 3 aromatic rings. The van der Waals surface area contributed by atoms with Crippen molar-refractivity contribution in [1.82, 2.24) is 0 Å². The van der Waals surface area contributed by atoms with Gasteiger partial charge >= 0.3 is 0 Å². The van der Waals surface area contributed by atoms with E-state index in [4.69, 9.17) is 4.74 Å². The molecule has 0 unspecified atom stereocenters. The molecule has 0 aliphatic carbocycles. The second kappa shape index (κ2) is 8.63. The lowest BCUT2D eigenvalue weighted by molar-refractivity contribution is -0.117. The first-order valence-corrected chi connectivity index (χ1v) is 11.8. The van der Waals surface area contributed by atoms with Crippen LogP contribution in [0, 0.1) is 6.92 Å². The highest BCUT2D eigenvalue weighted by molar-refractivity contribution is 7.93. The molecular formula is C26H25NO4S. The third-order valence-corrected chi connectivity index (χ3v) is 7.33. The predicted molar refractivity (Wildman–Crippen MR) is 126 cm³/mol. The Morgan fingerprint density at radius 2 is 1.62 bits per heavy atom. The summed E-state index contributed by atoms with van der Waals surface area (Å²) in [5, 5.41) is 0. The van der Waals surface area contributed by atoms with Crippen LogP contribution in [0.2, 0.25) is 0 Å². The normalized spacial score (nSPS) is 15.7. The van der Waals surface area contributed by atoms with Crippen LogP contribution in [0.4, 0.5) is 5.69 Å². The SMILES string of the molecule is COc1ccc(C2=C[C@@H](CC(C)=O)c3ccccc3N2S(=O)(=O)c2ccc(C)cc2)cc1. The Kier molecular flexibility index (Phi) is 5.89. The predicted octanol–water partition coefficient (Wildman–Crippen LogP) is 5.32. The number of aryl methyl sites for hydroxylation is 1. The van der Waals surface area contributed by atoms with Gasteiger partial charge in [0.2, 0.25) is 0 Å². The van der Waals surface area contributed by atoms with Crippen molar-refractivity contribution in [2.45, 2.75) is 31.1 Å². The van der Waals surface area contributed by atoms with E-state index in [1.165, 1.54) is 4.31 Å². The monoisotopic (exact) mass is 447 g/mol. The Bertz CT molecular complexity index is 1280.